The molecule has 2 aromatic rings. The maximum Gasteiger partial charge on any atom is 0.407 e. The molecule has 1 aliphatic heterocycles. The van der Waals surface area contributed by atoms with E-state index in [0.29, 0.717) is 50.9 Å². The number of fused-ring (bicyclic) bond motifs is 3. The number of nitrogens with zero attached hydrogens (tertiary/aromatic N) is 1. The van der Waals surface area contributed by atoms with Gasteiger partial charge >= 0.3 is 12.1 Å². The Morgan fingerprint density at radius 2 is 1.60 bits per heavy atom. The van der Waals surface area contributed by atoms with Crippen molar-refractivity contribution in [2.75, 3.05) is 26.2 Å². The molecule has 2 aliphatic carbocycles. The van der Waals surface area contributed by atoms with Crippen LogP contribution in [-0.4, -0.2) is 54.2 Å². The average Bonchev–Trinajstić information content (AvgIpc) is 3.59. The molecule has 0 spiro atoms. The van der Waals surface area contributed by atoms with Crippen LogP contribution < -0.4 is 5.32 Å². The first-order chi connectivity index (χ1) is 17.0. The number of hydrogen-bond acceptors (Lipinski definition) is 4. The molecule has 7 heteroatoms. The van der Waals surface area contributed by atoms with Crippen LogP contribution >= 0.6 is 0 Å². The Hall–Kier alpha value is -3.35. The molecule has 5 rings (SSSR count). The first-order valence-electron chi connectivity index (χ1n) is 12.6. The Morgan fingerprint density at radius 1 is 0.943 bits per heavy atom. The van der Waals surface area contributed by atoms with E-state index in [1.807, 2.05) is 24.3 Å². The Morgan fingerprint density at radius 3 is 2.26 bits per heavy atom. The van der Waals surface area contributed by atoms with Gasteiger partial charge in [-0.2, -0.15) is 0 Å². The predicted molar refractivity (Wildman–Crippen MR) is 131 cm³/mol. The third-order valence-corrected chi connectivity index (χ3v) is 7.88. The number of rotatable bonds is 7. The standard InChI is InChI=1S/C28H32N2O5/c31-26(30-12-11-20(16-30)27(32)33)14-18-9-10-19(13-18)15-29-28(34)35-17-25-23-7-3-1-5-21(23)22-6-2-4-8-24(22)25/h1-8,18-20,25H,9-17H2,(H,29,34)(H,32,33). The molecule has 0 aromatic heterocycles. The first-order valence-corrected chi connectivity index (χ1v) is 12.6. The number of alkyl carbamates (subject to hydrolysis) is 1. The Kier molecular flexibility index (Phi) is 6.75. The molecular formula is C28H32N2O5. The van der Waals surface area contributed by atoms with Crippen LogP contribution in [0.4, 0.5) is 4.79 Å². The van der Waals surface area contributed by atoms with Crippen molar-refractivity contribution in [1.82, 2.24) is 10.2 Å². The summed E-state index contributed by atoms with van der Waals surface area (Å²) in [6, 6.07) is 16.5. The maximum absolute atomic E-state index is 12.6. The van der Waals surface area contributed by atoms with Gasteiger partial charge in [0, 0.05) is 32.0 Å². The molecule has 1 saturated carbocycles. The highest BCUT2D eigenvalue weighted by Crippen LogP contribution is 2.44. The van der Waals surface area contributed by atoms with E-state index in [9.17, 15) is 14.4 Å². The molecule has 0 radical (unpaired) electrons. The minimum atomic E-state index is -0.819. The molecule has 184 valence electrons. The van der Waals surface area contributed by atoms with Crippen molar-refractivity contribution in [2.45, 2.75) is 38.0 Å². The molecule has 2 amide bonds. The van der Waals surface area contributed by atoms with Gasteiger partial charge in [-0.3, -0.25) is 9.59 Å². The fraction of sp³-hybridized carbons (Fsp3) is 0.464. The van der Waals surface area contributed by atoms with Crippen molar-refractivity contribution >= 4 is 18.0 Å². The van der Waals surface area contributed by atoms with Gasteiger partial charge < -0.3 is 20.1 Å². The quantitative estimate of drug-likeness (QED) is 0.622. The summed E-state index contributed by atoms with van der Waals surface area (Å²) in [6.45, 7) is 1.71. The van der Waals surface area contributed by atoms with Crippen LogP contribution in [0.5, 0.6) is 0 Å². The van der Waals surface area contributed by atoms with Gasteiger partial charge in [-0.25, -0.2) is 4.79 Å². The highest BCUT2D eigenvalue weighted by atomic mass is 16.5. The summed E-state index contributed by atoms with van der Waals surface area (Å²) < 4.78 is 5.63. The molecule has 1 heterocycles. The molecule has 2 fully saturated rings. The van der Waals surface area contributed by atoms with Crippen molar-refractivity contribution < 1.29 is 24.2 Å². The second-order valence-electron chi connectivity index (χ2n) is 10.1. The zero-order valence-electron chi connectivity index (χ0n) is 19.8. The van der Waals surface area contributed by atoms with E-state index in [1.54, 1.807) is 4.90 Å². The van der Waals surface area contributed by atoms with Gasteiger partial charge in [0.05, 0.1) is 5.92 Å². The van der Waals surface area contributed by atoms with E-state index in [-0.39, 0.29) is 11.8 Å². The lowest BCUT2D eigenvalue weighted by atomic mass is 9.98. The molecule has 3 unspecified atom stereocenters. The molecule has 35 heavy (non-hydrogen) atoms. The average molecular weight is 477 g/mol. The number of nitrogens with one attached hydrogen (secondary N) is 1. The Labute approximate surface area is 205 Å². The summed E-state index contributed by atoms with van der Waals surface area (Å²) in [5.74, 6) is -0.526. The summed E-state index contributed by atoms with van der Waals surface area (Å²) in [5.41, 5.74) is 4.79. The predicted octanol–water partition coefficient (Wildman–Crippen LogP) is 4.26. The zero-order chi connectivity index (χ0) is 24.4. The SMILES string of the molecule is O=C(NCC1CCC(CC(=O)N2CCC(C(=O)O)C2)C1)OCC1c2ccccc2-c2ccccc21. The van der Waals surface area contributed by atoms with Crippen molar-refractivity contribution in [3.63, 3.8) is 0 Å². The molecular weight excluding hydrogens is 444 g/mol. The largest absolute Gasteiger partial charge is 0.481 e. The first kappa shape index (κ1) is 23.4. The van der Waals surface area contributed by atoms with Crippen molar-refractivity contribution in [2.24, 2.45) is 17.8 Å². The number of aliphatic carboxylic acids is 1. The van der Waals surface area contributed by atoms with Gasteiger partial charge in [0.15, 0.2) is 0 Å². The van der Waals surface area contributed by atoms with Gasteiger partial charge in [-0.15, -0.1) is 0 Å². The number of benzene rings is 2. The van der Waals surface area contributed by atoms with Crippen LogP contribution in [0.2, 0.25) is 0 Å². The topological polar surface area (TPSA) is 95.9 Å². The van der Waals surface area contributed by atoms with Crippen LogP contribution in [0, 0.1) is 17.8 Å². The van der Waals surface area contributed by atoms with Crippen LogP contribution in [0.15, 0.2) is 48.5 Å². The van der Waals surface area contributed by atoms with E-state index in [1.165, 1.54) is 22.3 Å². The number of carbonyl (C=O) groups excluding carboxylic acids is 2. The van der Waals surface area contributed by atoms with Crippen LogP contribution in [0.25, 0.3) is 11.1 Å². The summed E-state index contributed by atoms with van der Waals surface area (Å²) in [4.78, 5) is 37.9. The smallest absolute Gasteiger partial charge is 0.407 e. The lowest BCUT2D eigenvalue weighted by molar-refractivity contribution is -0.141. The van der Waals surface area contributed by atoms with Crippen LogP contribution in [0.3, 0.4) is 0 Å². The third kappa shape index (κ3) is 5.04. The number of amides is 2. The monoisotopic (exact) mass is 476 g/mol. The zero-order valence-corrected chi connectivity index (χ0v) is 19.8. The molecule has 3 aliphatic rings. The van der Waals surface area contributed by atoms with E-state index in [4.69, 9.17) is 9.84 Å². The van der Waals surface area contributed by atoms with E-state index < -0.39 is 18.0 Å². The van der Waals surface area contributed by atoms with Crippen molar-refractivity contribution in [3.05, 3.63) is 59.7 Å². The number of likely N-dealkylation sites (tertiary alicyclic amines) is 1. The highest BCUT2D eigenvalue weighted by Gasteiger charge is 2.34. The highest BCUT2D eigenvalue weighted by molar-refractivity contribution is 5.80. The Bertz CT molecular complexity index is 1070. The fourth-order valence-corrected chi connectivity index (χ4v) is 5.99. The molecule has 2 aromatic carbocycles. The Balaban J connectivity index is 1.06. The van der Waals surface area contributed by atoms with Gasteiger partial charge in [0.25, 0.3) is 0 Å². The van der Waals surface area contributed by atoms with E-state index >= 15 is 0 Å². The van der Waals surface area contributed by atoms with E-state index in [0.717, 1.165) is 19.3 Å². The van der Waals surface area contributed by atoms with E-state index in [2.05, 4.69) is 29.6 Å². The van der Waals surface area contributed by atoms with Gasteiger partial charge in [0.2, 0.25) is 5.91 Å². The minimum Gasteiger partial charge on any atom is -0.481 e. The third-order valence-electron chi connectivity index (χ3n) is 7.88. The number of carboxylic acids is 1. The lowest BCUT2D eigenvalue weighted by Gasteiger charge is -2.19. The van der Waals surface area contributed by atoms with Crippen LogP contribution in [-0.2, 0) is 14.3 Å². The van der Waals surface area contributed by atoms with Crippen LogP contribution in [0.1, 0.15) is 49.1 Å². The van der Waals surface area contributed by atoms with Gasteiger partial charge in [-0.1, -0.05) is 48.5 Å². The van der Waals surface area contributed by atoms with Crippen molar-refractivity contribution in [1.29, 1.82) is 0 Å². The number of carbonyl (C=O) groups is 3. The lowest BCUT2D eigenvalue weighted by Crippen LogP contribution is -2.31. The van der Waals surface area contributed by atoms with Gasteiger partial charge in [-0.05, 0) is 59.8 Å². The summed E-state index contributed by atoms with van der Waals surface area (Å²) in [5, 5.41) is 12.1. The molecule has 7 nitrogen and oxygen atoms in total. The molecule has 1 saturated heterocycles. The number of carboxylic acid groups (broad SMARTS) is 1. The minimum absolute atomic E-state index is 0.0429. The molecule has 3 atom stereocenters. The molecule has 0 bridgehead atoms. The maximum atomic E-state index is 12.6. The van der Waals surface area contributed by atoms with Gasteiger partial charge in [0.1, 0.15) is 6.61 Å². The normalized spacial score (nSPS) is 23.1. The van der Waals surface area contributed by atoms with Crippen molar-refractivity contribution in [3.8, 4) is 11.1 Å². The summed E-state index contributed by atoms with van der Waals surface area (Å²) in [7, 11) is 0. The number of hydrogen-bond donors (Lipinski definition) is 2. The fourth-order valence-electron chi connectivity index (χ4n) is 5.99. The second kappa shape index (κ2) is 10.1. The number of ether oxygens (including phenoxy) is 1. The second-order valence-corrected chi connectivity index (χ2v) is 10.1. The molecule has 2 N–H and O–H groups in total. The summed E-state index contributed by atoms with van der Waals surface area (Å²) in [6.07, 6.45) is 3.43. The summed E-state index contributed by atoms with van der Waals surface area (Å²) >= 11 is 0.